The van der Waals surface area contributed by atoms with Crippen molar-refractivity contribution in [3.8, 4) is 5.75 Å². The molecule has 2 aromatic rings. The van der Waals surface area contributed by atoms with Gasteiger partial charge in [-0.2, -0.15) is 0 Å². The van der Waals surface area contributed by atoms with E-state index in [1.165, 1.54) is 18.2 Å². The second-order valence-electron chi connectivity index (χ2n) is 11.3. The minimum absolute atomic E-state index is 0.177. The molecule has 1 aromatic heterocycles. The van der Waals surface area contributed by atoms with Crippen molar-refractivity contribution in [1.82, 2.24) is 5.32 Å². The van der Waals surface area contributed by atoms with Crippen LogP contribution in [0.4, 0.5) is 0 Å². The van der Waals surface area contributed by atoms with Crippen molar-refractivity contribution in [2.24, 2.45) is 0 Å². The van der Waals surface area contributed by atoms with E-state index in [4.69, 9.17) is 37.6 Å². The average molecular weight is 708 g/mol. The van der Waals surface area contributed by atoms with Crippen LogP contribution in [0.3, 0.4) is 0 Å². The number of amides is 1. The number of aryl methyl sites for hydroxylation is 1. The first-order valence-electron chi connectivity index (χ1n) is 15.0. The van der Waals surface area contributed by atoms with Crippen LogP contribution >= 0.6 is 0 Å². The van der Waals surface area contributed by atoms with E-state index in [1.807, 2.05) is 0 Å². The zero-order valence-corrected chi connectivity index (χ0v) is 28.2. The van der Waals surface area contributed by atoms with Crippen LogP contribution in [-0.2, 0) is 68.4 Å². The Labute approximate surface area is 284 Å². The van der Waals surface area contributed by atoms with E-state index in [0.29, 0.717) is 10.9 Å². The van der Waals surface area contributed by atoms with Gasteiger partial charge in [-0.3, -0.25) is 28.8 Å². The smallest absolute Gasteiger partial charge is 0.379 e. The second kappa shape index (κ2) is 16.3. The summed E-state index contributed by atoms with van der Waals surface area (Å²) in [6, 6.07) is 2.44. The van der Waals surface area contributed by atoms with E-state index < -0.39 is 103 Å². The number of carboxylic acids is 1. The molecule has 1 fully saturated rings. The zero-order valence-electron chi connectivity index (χ0n) is 28.2. The monoisotopic (exact) mass is 707 g/mol. The summed E-state index contributed by atoms with van der Waals surface area (Å²) >= 11 is 0. The van der Waals surface area contributed by atoms with Crippen LogP contribution in [-0.4, -0.2) is 96.8 Å². The van der Waals surface area contributed by atoms with E-state index in [1.54, 1.807) is 6.92 Å². The molecular weight excluding hydrogens is 670 g/mol. The molecule has 18 heteroatoms. The predicted molar refractivity (Wildman–Crippen MR) is 164 cm³/mol. The van der Waals surface area contributed by atoms with Gasteiger partial charge >= 0.3 is 47.2 Å². The highest BCUT2D eigenvalue weighted by molar-refractivity contribution is 5.89. The SMILES string of the molecule is COC(=O)C1(Oc2ccc3c(C)cc(=O)oc3c2CC(=O)O)CC(OC(C)=O)C(NC(C)=O)C([C@H](OC(C)=O)[C@@H](COC(C)=O)OC(C)=O)O1. The molecule has 1 amide bonds. The highest BCUT2D eigenvalue weighted by Crippen LogP contribution is 2.40. The molecule has 2 heterocycles. The topological polar surface area (TPSA) is 247 Å². The molecule has 0 spiro atoms. The summed E-state index contributed by atoms with van der Waals surface area (Å²) in [5.41, 5.74) is -0.745. The molecule has 0 radical (unpaired) electrons. The average Bonchev–Trinajstić information content (AvgIpc) is 2.99. The van der Waals surface area contributed by atoms with E-state index in [2.05, 4.69) is 5.32 Å². The number of rotatable bonds is 13. The summed E-state index contributed by atoms with van der Waals surface area (Å²) in [5.74, 6) is -10.0. The Bertz CT molecular complexity index is 1730. The molecule has 1 aromatic carbocycles. The lowest BCUT2D eigenvalue weighted by atomic mass is 9.87. The van der Waals surface area contributed by atoms with Gasteiger partial charge in [0.05, 0.1) is 26.0 Å². The molecule has 4 unspecified atom stereocenters. The van der Waals surface area contributed by atoms with Crippen molar-refractivity contribution >= 4 is 52.7 Å². The third kappa shape index (κ3) is 9.55. The lowest BCUT2D eigenvalue weighted by molar-refractivity contribution is -0.289. The molecule has 0 saturated carbocycles. The first-order chi connectivity index (χ1) is 23.4. The van der Waals surface area contributed by atoms with E-state index in [9.17, 15) is 43.5 Å². The van der Waals surface area contributed by atoms with Gasteiger partial charge in [0.25, 0.3) is 0 Å². The fourth-order valence-corrected chi connectivity index (χ4v) is 5.52. The number of esters is 5. The van der Waals surface area contributed by atoms with Crippen LogP contribution in [0.15, 0.2) is 27.4 Å². The Balaban J connectivity index is 2.36. The van der Waals surface area contributed by atoms with Crippen LogP contribution in [0, 0.1) is 6.92 Å². The number of benzene rings is 1. The number of carbonyl (C=O) groups excluding carboxylic acids is 6. The first kappa shape index (κ1) is 38.9. The van der Waals surface area contributed by atoms with Gasteiger partial charge < -0.3 is 48.0 Å². The van der Waals surface area contributed by atoms with Crippen molar-refractivity contribution in [3.63, 3.8) is 0 Å². The maximum Gasteiger partial charge on any atom is 0.379 e. The van der Waals surface area contributed by atoms with Gasteiger partial charge in [0, 0.05) is 51.6 Å². The highest BCUT2D eigenvalue weighted by atomic mass is 16.7. The molecular formula is C32H37NO17. The summed E-state index contributed by atoms with van der Waals surface area (Å²) in [6.07, 6.45) is -8.32. The van der Waals surface area contributed by atoms with Gasteiger partial charge in [-0.15, -0.1) is 0 Å². The Morgan fingerprint density at radius 2 is 1.64 bits per heavy atom. The number of carbonyl (C=O) groups is 7. The second-order valence-corrected chi connectivity index (χ2v) is 11.3. The van der Waals surface area contributed by atoms with Gasteiger partial charge in [-0.05, 0) is 24.6 Å². The van der Waals surface area contributed by atoms with Crippen LogP contribution in [0.5, 0.6) is 5.75 Å². The molecule has 50 heavy (non-hydrogen) atoms. The number of aliphatic carboxylic acids is 1. The number of ether oxygens (including phenoxy) is 7. The Kier molecular flexibility index (Phi) is 12.7. The zero-order chi connectivity index (χ0) is 37.5. The van der Waals surface area contributed by atoms with E-state index >= 15 is 0 Å². The number of nitrogens with one attached hydrogen (secondary N) is 1. The van der Waals surface area contributed by atoms with Crippen LogP contribution in [0.25, 0.3) is 11.0 Å². The number of hydrogen-bond donors (Lipinski definition) is 2. The summed E-state index contributed by atoms with van der Waals surface area (Å²) in [5, 5.41) is 12.6. The lowest BCUT2D eigenvalue weighted by Gasteiger charge is -2.48. The largest absolute Gasteiger partial charge is 0.481 e. The van der Waals surface area contributed by atoms with Crippen molar-refractivity contribution in [1.29, 1.82) is 0 Å². The predicted octanol–water partition coefficient (Wildman–Crippen LogP) is 0.628. The Hall–Kier alpha value is -5.52. The van der Waals surface area contributed by atoms with Gasteiger partial charge in [0.15, 0.2) is 12.2 Å². The molecule has 1 aliphatic rings. The van der Waals surface area contributed by atoms with Crippen LogP contribution in [0.1, 0.15) is 52.2 Å². The Morgan fingerprint density at radius 3 is 2.18 bits per heavy atom. The number of fused-ring (bicyclic) bond motifs is 1. The van der Waals surface area contributed by atoms with Gasteiger partial charge in [-0.1, -0.05) is 0 Å². The summed E-state index contributed by atoms with van der Waals surface area (Å²) < 4.78 is 44.2. The standard InChI is InChI=1S/C32H37NO17/c1-14-10-26(41)48-28-20(14)8-9-22(21(28)11-25(39)40)49-32(31(42)43-7)12-23(45-17(4)36)27(33-15(2)34)30(50-32)29(47-19(6)38)24(46-18(5)37)13-44-16(3)35/h8-10,23-24,27,29-30H,11-13H2,1-7H3,(H,33,34)(H,39,40)/t23?,24-,27?,29-,30?,32?/m1/s1. The number of hydrogen-bond acceptors (Lipinski definition) is 16. The van der Waals surface area contributed by atoms with Crippen molar-refractivity contribution in [2.45, 2.75) is 90.6 Å². The fraction of sp³-hybridized carbons (Fsp3) is 0.500. The summed E-state index contributed by atoms with van der Waals surface area (Å²) in [7, 11) is 0.958. The molecule has 1 aliphatic heterocycles. The fourth-order valence-electron chi connectivity index (χ4n) is 5.52. The van der Waals surface area contributed by atoms with Crippen molar-refractivity contribution < 1.29 is 76.2 Å². The number of carboxylic acid groups (broad SMARTS) is 1. The van der Waals surface area contributed by atoms with E-state index in [0.717, 1.165) is 41.7 Å². The molecule has 3 rings (SSSR count). The van der Waals surface area contributed by atoms with Crippen molar-refractivity contribution in [3.05, 3.63) is 39.7 Å². The third-order valence-corrected chi connectivity index (χ3v) is 7.28. The first-order valence-corrected chi connectivity index (χ1v) is 15.0. The normalized spacial score (nSPS) is 21.1. The molecule has 6 atom stereocenters. The summed E-state index contributed by atoms with van der Waals surface area (Å²) in [6.45, 7) is 6.05. The van der Waals surface area contributed by atoms with Gasteiger partial charge in [0.2, 0.25) is 5.91 Å². The van der Waals surface area contributed by atoms with E-state index in [-0.39, 0.29) is 16.9 Å². The third-order valence-electron chi connectivity index (χ3n) is 7.28. The number of methoxy groups -OCH3 is 1. The van der Waals surface area contributed by atoms with Crippen LogP contribution in [0.2, 0.25) is 0 Å². The Morgan fingerprint density at radius 1 is 0.980 bits per heavy atom. The minimum Gasteiger partial charge on any atom is -0.481 e. The minimum atomic E-state index is -2.69. The summed E-state index contributed by atoms with van der Waals surface area (Å²) in [4.78, 5) is 99.4. The molecule has 0 aliphatic carbocycles. The molecule has 2 N–H and O–H groups in total. The maximum atomic E-state index is 13.8. The molecule has 272 valence electrons. The van der Waals surface area contributed by atoms with Gasteiger partial charge in [0.1, 0.15) is 30.1 Å². The molecule has 18 nitrogen and oxygen atoms in total. The molecule has 0 bridgehead atoms. The molecule has 1 saturated heterocycles. The van der Waals surface area contributed by atoms with Crippen LogP contribution < -0.4 is 15.7 Å². The maximum absolute atomic E-state index is 13.8. The van der Waals surface area contributed by atoms with Crippen molar-refractivity contribution in [2.75, 3.05) is 13.7 Å². The quantitative estimate of drug-likeness (QED) is 0.165. The lowest BCUT2D eigenvalue weighted by Crippen LogP contribution is -2.70. The highest BCUT2D eigenvalue weighted by Gasteiger charge is 2.60. The van der Waals surface area contributed by atoms with Gasteiger partial charge in [-0.25, -0.2) is 9.59 Å².